The SMILES string of the molecule is OCCNc1cncc2nncn12. The number of hydrogen-bond donors (Lipinski definition) is 2. The van der Waals surface area contributed by atoms with Crippen molar-refractivity contribution in [3.63, 3.8) is 0 Å². The van der Waals surface area contributed by atoms with Crippen molar-refractivity contribution in [3.05, 3.63) is 18.7 Å². The first-order chi connectivity index (χ1) is 6.42. The van der Waals surface area contributed by atoms with Crippen LogP contribution < -0.4 is 5.32 Å². The summed E-state index contributed by atoms with van der Waals surface area (Å²) in [6.45, 7) is 0.567. The average Bonchev–Trinajstić information content (AvgIpc) is 2.62. The molecule has 0 saturated heterocycles. The molecule has 2 heterocycles. The molecule has 0 unspecified atom stereocenters. The summed E-state index contributed by atoms with van der Waals surface area (Å²) in [4.78, 5) is 3.97. The van der Waals surface area contributed by atoms with E-state index in [1.165, 1.54) is 0 Å². The van der Waals surface area contributed by atoms with Gasteiger partial charge in [-0.1, -0.05) is 0 Å². The summed E-state index contributed by atoms with van der Waals surface area (Å²) < 4.78 is 1.77. The molecule has 2 rings (SSSR count). The van der Waals surface area contributed by atoms with Crippen molar-refractivity contribution in [2.24, 2.45) is 0 Å². The average molecular weight is 179 g/mol. The lowest BCUT2D eigenvalue weighted by molar-refractivity contribution is 0.311. The van der Waals surface area contributed by atoms with E-state index >= 15 is 0 Å². The van der Waals surface area contributed by atoms with Crippen LogP contribution in [0.5, 0.6) is 0 Å². The minimum Gasteiger partial charge on any atom is -0.395 e. The van der Waals surface area contributed by atoms with E-state index in [4.69, 9.17) is 5.11 Å². The summed E-state index contributed by atoms with van der Waals surface area (Å²) in [5.41, 5.74) is 0.683. The van der Waals surface area contributed by atoms with Gasteiger partial charge in [0, 0.05) is 6.54 Å². The monoisotopic (exact) mass is 179 g/mol. The van der Waals surface area contributed by atoms with Crippen molar-refractivity contribution >= 4 is 11.5 Å². The maximum atomic E-state index is 8.63. The third-order valence-electron chi connectivity index (χ3n) is 1.64. The molecule has 0 saturated carbocycles. The number of aliphatic hydroxyl groups excluding tert-OH is 1. The zero-order valence-corrected chi connectivity index (χ0v) is 6.88. The van der Waals surface area contributed by atoms with Crippen LogP contribution in [0, 0.1) is 0 Å². The lowest BCUT2D eigenvalue weighted by Gasteiger charge is -2.04. The van der Waals surface area contributed by atoms with Gasteiger partial charge in [-0.3, -0.25) is 9.38 Å². The van der Waals surface area contributed by atoms with Gasteiger partial charge in [0.05, 0.1) is 19.0 Å². The Kier molecular flexibility index (Phi) is 2.05. The molecule has 2 aromatic rings. The van der Waals surface area contributed by atoms with E-state index in [0.29, 0.717) is 12.2 Å². The summed E-state index contributed by atoms with van der Waals surface area (Å²) in [5.74, 6) is 0.775. The van der Waals surface area contributed by atoms with E-state index in [0.717, 1.165) is 5.82 Å². The molecule has 2 N–H and O–H groups in total. The van der Waals surface area contributed by atoms with E-state index in [1.54, 1.807) is 23.1 Å². The van der Waals surface area contributed by atoms with E-state index in [9.17, 15) is 0 Å². The van der Waals surface area contributed by atoms with E-state index in [-0.39, 0.29) is 6.61 Å². The number of nitrogens with zero attached hydrogens (tertiary/aromatic N) is 4. The van der Waals surface area contributed by atoms with E-state index < -0.39 is 0 Å². The highest BCUT2D eigenvalue weighted by Crippen LogP contribution is 2.06. The molecule has 0 aliphatic rings. The Morgan fingerprint density at radius 1 is 1.46 bits per heavy atom. The molecule has 0 aliphatic carbocycles. The first kappa shape index (κ1) is 7.93. The molecule has 0 bridgehead atoms. The molecular formula is C7H9N5O. The van der Waals surface area contributed by atoms with Crippen molar-refractivity contribution in [1.29, 1.82) is 0 Å². The summed E-state index contributed by atoms with van der Waals surface area (Å²) >= 11 is 0. The number of aliphatic hydroxyl groups is 1. The van der Waals surface area contributed by atoms with Crippen molar-refractivity contribution in [1.82, 2.24) is 19.6 Å². The van der Waals surface area contributed by atoms with E-state index in [1.807, 2.05) is 0 Å². The zero-order valence-electron chi connectivity index (χ0n) is 6.88. The molecule has 0 amide bonds. The van der Waals surface area contributed by atoms with E-state index in [2.05, 4.69) is 20.5 Å². The largest absolute Gasteiger partial charge is 0.395 e. The normalized spacial score (nSPS) is 10.5. The molecule has 0 aromatic carbocycles. The number of hydrogen-bond acceptors (Lipinski definition) is 5. The Morgan fingerprint density at radius 3 is 3.23 bits per heavy atom. The first-order valence-corrected chi connectivity index (χ1v) is 3.90. The zero-order chi connectivity index (χ0) is 9.10. The molecule has 0 spiro atoms. The van der Waals surface area contributed by atoms with Gasteiger partial charge in [-0.25, -0.2) is 0 Å². The molecule has 0 radical (unpaired) electrons. The summed E-state index contributed by atoms with van der Waals surface area (Å²) in [6, 6.07) is 0. The van der Waals surface area contributed by atoms with Gasteiger partial charge in [0.25, 0.3) is 0 Å². The Balaban J connectivity index is 2.37. The molecule has 2 aromatic heterocycles. The van der Waals surface area contributed by atoms with Gasteiger partial charge >= 0.3 is 0 Å². The Labute approximate surface area is 74.3 Å². The van der Waals surface area contributed by atoms with Crippen LogP contribution in [0.1, 0.15) is 0 Å². The number of aromatic nitrogens is 4. The van der Waals surface area contributed by atoms with Crippen LogP contribution in [0.4, 0.5) is 5.82 Å². The second-order valence-corrected chi connectivity index (χ2v) is 2.50. The van der Waals surface area contributed by atoms with Crippen molar-refractivity contribution in [2.45, 2.75) is 0 Å². The quantitative estimate of drug-likeness (QED) is 0.666. The Bertz CT molecular complexity index is 398. The van der Waals surface area contributed by atoms with Crippen LogP contribution >= 0.6 is 0 Å². The molecular weight excluding hydrogens is 170 g/mol. The predicted molar refractivity (Wildman–Crippen MR) is 46.4 cm³/mol. The van der Waals surface area contributed by atoms with Gasteiger partial charge in [0.1, 0.15) is 12.1 Å². The van der Waals surface area contributed by atoms with Crippen molar-refractivity contribution < 1.29 is 5.11 Å². The van der Waals surface area contributed by atoms with Crippen molar-refractivity contribution in [2.75, 3.05) is 18.5 Å². The number of nitrogens with one attached hydrogen (secondary N) is 1. The van der Waals surface area contributed by atoms with Gasteiger partial charge in [-0.05, 0) is 0 Å². The van der Waals surface area contributed by atoms with Crippen molar-refractivity contribution in [3.8, 4) is 0 Å². The van der Waals surface area contributed by atoms with Crippen LogP contribution in [-0.2, 0) is 0 Å². The minimum absolute atomic E-state index is 0.0819. The summed E-state index contributed by atoms with van der Waals surface area (Å²) in [7, 11) is 0. The van der Waals surface area contributed by atoms with Crippen LogP contribution in [0.15, 0.2) is 18.7 Å². The standard InChI is InChI=1S/C7H9N5O/c13-2-1-9-6-3-8-4-7-11-10-5-12(6)7/h3-5,9,13H,1-2H2. The maximum Gasteiger partial charge on any atom is 0.180 e. The summed E-state index contributed by atoms with van der Waals surface area (Å²) in [6.07, 6.45) is 4.87. The fourth-order valence-corrected chi connectivity index (χ4v) is 1.07. The third-order valence-corrected chi connectivity index (χ3v) is 1.64. The van der Waals surface area contributed by atoms with Gasteiger partial charge < -0.3 is 10.4 Å². The van der Waals surface area contributed by atoms with Crippen LogP contribution in [-0.4, -0.2) is 37.8 Å². The fraction of sp³-hybridized carbons (Fsp3) is 0.286. The molecule has 68 valence electrons. The molecule has 13 heavy (non-hydrogen) atoms. The fourth-order valence-electron chi connectivity index (χ4n) is 1.07. The second-order valence-electron chi connectivity index (χ2n) is 2.50. The first-order valence-electron chi connectivity index (χ1n) is 3.90. The highest BCUT2D eigenvalue weighted by atomic mass is 16.3. The van der Waals surface area contributed by atoms with Gasteiger partial charge in [-0.2, -0.15) is 0 Å². The smallest absolute Gasteiger partial charge is 0.180 e. The van der Waals surface area contributed by atoms with Crippen LogP contribution in [0.2, 0.25) is 0 Å². The molecule has 0 aliphatic heterocycles. The highest BCUT2D eigenvalue weighted by Gasteiger charge is 1.99. The number of anilines is 1. The number of fused-ring (bicyclic) bond motifs is 1. The highest BCUT2D eigenvalue weighted by molar-refractivity contribution is 5.45. The molecule has 6 nitrogen and oxygen atoms in total. The lowest BCUT2D eigenvalue weighted by atomic mass is 10.6. The Hall–Kier alpha value is -1.69. The van der Waals surface area contributed by atoms with Crippen LogP contribution in [0.25, 0.3) is 5.65 Å². The van der Waals surface area contributed by atoms with Crippen LogP contribution in [0.3, 0.4) is 0 Å². The minimum atomic E-state index is 0.0819. The molecule has 0 atom stereocenters. The number of rotatable bonds is 3. The molecule has 0 fully saturated rings. The second kappa shape index (κ2) is 3.36. The molecule has 6 heteroatoms. The summed E-state index contributed by atoms with van der Waals surface area (Å²) in [5, 5.41) is 19.2. The van der Waals surface area contributed by atoms with Gasteiger partial charge in [-0.15, -0.1) is 10.2 Å². The maximum absolute atomic E-state index is 8.63. The van der Waals surface area contributed by atoms with Gasteiger partial charge in [0.2, 0.25) is 0 Å². The topological polar surface area (TPSA) is 75.3 Å². The third kappa shape index (κ3) is 1.43. The Morgan fingerprint density at radius 2 is 2.38 bits per heavy atom. The van der Waals surface area contributed by atoms with Gasteiger partial charge in [0.15, 0.2) is 5.65 Å². The lowest BCUT2D eigenvalue weighted by Crippen LogP contribution is -2.08. The predicted octanol–water partition coefficient (Wildman–Crippen LogP) is -0.472.